The normalized spacial score (nSPS) is 21.5. The number of anilines is 1. The molecule has 5 heteroatoms. The van der Waals surface area contributed by atoms with Gasteiger partial charge in [-0.05, 0) is 12.0 Å². The Kier molecular flexibility index (Phi) is 2.24. The van der Waals surface area contributed by atoms with E-state index < -0.39 is 0 Å². The molecule has 0 amide bonds. The van der Waals surface area contributed by atoms with Gasteiger partial charge in [0.15, 0.2) is 5.82 Å². The second kappa shape index (κ2) is 4.05. The smallest absolute Gasteiger partial charge is 0.203 e. The van der Waals surface area contributed by atoms with Gasteiger partial charge in [-0.25, -0.2) is 4.98 Å². The molecule has 1 saturated carbocycles. The van der Waals surface area contributed by atoms with Gasteiger partial charge >= 0.3 is 0 Å². The molecule has 4 rings (SSSR count). The molecule has 0 radical (unpaired) electrons. The van der Waals surface area contributed by atoms with E-state index in [1.165, 1.54) is 5.56 Å². The molecule has 2 heterocycles. The Labute approximate surface area is 110 Å². The fourth-order valence-corrected chi connectivity index (χ4v) is 2.46. The first-order chi connectivity index (χ1) is 9.42. The maximum atomic E-state index is 4.35. The molecule has 2 unspecified atom stereocenters. The molecule has 0 saturated heterocycles. The number of hydrogen-bond acceptors (Lipinski definition) is 4. The first kappa shape index (κ1) is 10.5. The summed E-state index contributed by atoms with van der Waals surface area (Å²) in [5.41, 5.74) is 2.16. The first-order valence-electron chi connectivity index (χ1n) is 6.37. The second-order valence-corrected chi connectivity index (χ2v) is 4.84. The summed E-state index contributed by atoms with van der Waals surface area (Å²) in [6.07, 6.45) is 6.44. The Morgan fingerprint density at radius 3 is 3.00 bits per heavy atom. The van der Waals surface area contributed by atoms with Crippen molar-refractivity contribution in [1.29, 1.82) is 0 Å². The average Bonchev–Trinajstić information content (AvgIpc) is 3.05. The monoisotopic (exact) mass is 251 g/mol. The predicted octanol–water partition coefficient (Wildman–Crippen LogP) is 2.09. The molecule has 1 aliphatic rings. The lowest BCUT2D eigenvalue weighted by atomic mass is 10.1. The van der Waals surface area contributed by atoms with Gasteiger partial charge in [0, 0.05) is 24.4 Å². The zero-order valence-electron chi connectivity index (χ0n) is 10.3. The van der Waals surface area contributed by atoms with Gasteiger partial charge in [-0.15, -0.1) is 10.2 Å². The van der Waals surface area contributed by atoms with Crippen LogP contribution in [0.4, 0.5) is 5.82 Å². The molecule has 1 aromatic carbocycles. The number of rotatable bonds is 3. The lowest BCUT2D eigenvalue weighted by Crippen LogP contribution is -2.07. The van der Waals surface area contributed by atoms with Crippen LogP contribution in [0.25, 0.3) is 5.65 Å². The van der Waals surface area contributed by atoms with E-state index in [-0.39, 0.29) is 0 Å². The molecule has 94 valence electrons. The highest BCUT2D eigenvalue weighted by Gasteiger charge is 2.38. The van der Waals surface area contributed by atoms with Crippen LogP contribution in [0, 0.1) is 0 Å². The van der Waals surface area contributed by atoms with Crippen molar-refractivity contribution in [2.24, 2.45) is 0 Å². The molecular formula is C14H13N5. The van der Waals surface area contributed by atoms with Crippen molar-refractivity contribution >= 4 is 11.5 Å². The van der Waals surface area contributed by atoms with Crippen molar-refractivity contribution in [1.82, 2.24) is 19.6 Å². The number of nitrogens with zero attached hydrogens (tertiary/aromatic N) is 4. The number of benzene rings is 1. The van der Waals surface area contributed by atoms with Gasteiger partial charge in [-0.3, -0.25) is 4.40 Å². The molecule has 1 fully saturated rings. The van der Waals surface area contributed by atoms with Crippen molar-refractivity contribution in [2.45, 2.75) is 18.4 Å². The van der Waals surface area contributed by atoms with Crippen LogP contribution in [0.15, 0.2) is 49.1 Å². The quantitative estimate of drug-likeness (QED) is 0.774. The van der Waals surface area contributed by atoms with Crippen LogP contribution >= 0.6 is 0 Å². The van der Waals surface area contributed by atoms with Crippen LogP contribution in [0.3, 0.4) is 0 Å². The summed E-state index contributed by atoms with van der Waals surface area (Å²) < 4.78 is 1.87. The Bertz CT molecular complexity index is 706. The van der Waals surface area contributed by atoms with E-state index in [0.29, 0.717) is 12.0 Å². The van der Waals surface area contributed by atoms with Gasteiger partial charge in [-0.2, -0.15) is 0 Å². The van der Waals surface area contributed by atoms with Gasteiger partial charge < -0.3 is 5.32 Å². The van der Waals surface area contributed by atoms with Crippen LogP contribution in [0.1, 0.15) is 17.9 Å². The third-order valence-corrected chi connectivity index (χ3v) is 3.56. The van der Waals surface area contributed by atoms with E-state index in [0.717, 1.165) is 17.9 Å². The minimum Gasteiger partial charge on any atom is -0.364 e. The number of hydrogen-bond donors (Lipinski definition) is 1. The topological polar surface area (TPSA) is 55.1 Å². The third kappa shape index (κ3) is 1.83. The Morgan fingerprint density at radius 2 is 2.11 bits per heavy atom. The molecule has 3 aromatic rings. The van der Waals surface area contributed by atoms with Gasteiger partial charge in [0.05, 0.1) is 0 Å². The average molecular weight is 251 g/mol. The summed E-state index contributed by atoms with van der Waals surface area (Å²) >= 11 is 0. The number of nitrogens with one attached hydrogen (secondary N) is 1. The fraction of sp³-hybridized carbons (Fsp3) is 0.214. The van der Waals surface area contributed by atoms with Crippen molar-refractivity contribution in [3.8, 4) is 0 Å². The van der Waals surface area contributed by atoms with E-state index in [1.54, 1.807) is 12.5 Å². The predicted molar refractivity (Wildman–Crippen MR) is 72.0 cm³/mol. The summed E-state index contributed by atoms with van der Waals surface area (Å²) in [6, 6.07) is 11.0. The van der Waals surface area contributed by atoms with Crippen LogP contribution in [-0.2, 0) is 0 Å². The zero-order chi connectivity index (χ0) is 12.7. The molecule has 2 aromatic heterocycles. The lowest BCUT2D eigenvalue weighted by Gasteiger charge is -2.05. The highest BCUT2D eigenvalue weighted by Crippen LogP contribution is 2.42. The Hall–Kier alpha value is -2.43. The standard InChI is InChI=1S/C14H13N5/c1-2-4-10(5-3-1)11-8-12(11)17-13-14-18-16-9-19(14)7-6-15-13/h1-7,9,11-12H,8H2,(H,15,17). The summed E-state index contributed by atoms with van der Waals surface area (Å²) in [5, 5.41) is 11.4. The molecule has 0 spiro atoms. The number of fused-ring (bicyclic) bond motifs is 1. The molecule has 0 bridgehead atoms. The number of aromatic nitrogens is 4. The van der Waals surface area contributed by atoms with Crippen molar-refractivity contribution in [3.05, 3.63) is 54.6 Å². The molecule has 5 nitrogen and oxygen atoms in total. The van der Waals surface area contributed by atoms with Crippen molar-refractivity contribution < 1.29 is 0 Å². The van der Waals surface area contributed by atoms with Crippen molar-refractivity contribution in [2.75, 3.05) is 5.32 Å². The van der Waals surface area contributed by atoms with Crippen LogP contribution in [0.2, 0.25) is 0 Å². The highest BCUT2D eigenvalue weighted by molar-refractivity contribution is 5.62. The molecular weight excluding hydrogens is 238 g/mol. The minimum absolute atomic E-state index is 0.442. The van der Waals surface area contributed by atoms with E-state index in [4.69, 9.17) is 0 Å². The van der Waals surface area contributed by atoms with Gasteiger partial charge in [0.1, 0.15) is 6.33 Å². The Balaban J connectivity index is 1.56. The maximum Gasteiger partial charge on any atom is 0.203 e. The molecule has 1 N–H and O–H groups in total. The van der Waals surface area contributed by atoms with Crippen LogP contribution in [0.5, 0.6) is 0 Å². The zero-order valence-corrected chi connectivity index (χ0v) is 10.3. The molecule has 2 atom stereocenters. The van der Waals surface area contributed by atoms with E-state index in [9.17, 15) is 0 Å². The lowest BCUT2D eigenvalue weighted by molar-refractivity contribution is 1.02. The van der Waals surface area contributed by atoms with Crippen LogP contribution in [-0.4, -0.2) is 25.6 Å². The molecule has 19 heavy (non-hydrogen) atoms. The van der Waals surface area contributed by atoms with E-state index in [1.807, 2.05) is 16.7 Å². The maximum absolute atomic E-state index is 4.35. The summed E-state index contributed by atoms with van der Waals surface area (Å²) in [6.45, 7) is 0. The van der Waals surface area contributed by atoms with Gasteiger partial charge in [0.25, 0.3) is 0 Å². The third-order valence-electron chi connectivity index (χ3n) is 3.56. The fourth-order valence-electron chi connectivity index (χ4n) is 2.46. The molecule has 1 aliphatic carbocycles. The second-order valence-electron chi connectivity index (χ2n) is 4.84. The van der Waals surface area contributed by atoms with Gasteiger partial charge in [-0.1, -0.05) is 30.3 Å². The SMILES string of the molecule is c1ccc(C2CC2Nc2nccn3cnnc23)cc1. The summed E-state index contributed by atoms with van der Waals surface area (Å²) in [7, 11) is 0. The van der Waals surface area contributed by atoms with Crippen LogP contribution < -0.4 is 5.32 Å². The Morgan fingerprint density at radius 1 is 1.21 bits per heavy atom. The highest BCUT2D eigenvalue weighted by atomic mass is 15.2. The van der Waals surface area contributed by atoms with E-state index in [2.05, 4.69) is 44.8 Å². The van der Waals surface area contributed by atoms with Crippen molar-refractivity contribution in [3.63, 3.8) is 0 Å². The minimum atomic E-state index is 0.442. The first-order valence-corrected chi connectivity index (χ1v) is 6.37. The van der Waals surface area contributed by atoms with E-state index >= 15 is 0 Å². The summed E-state index contributed by atoms with van der Waals surface area (Å²) in [4.78, 5) is 4.35. The van der Waals surface area contributed by atoms with Gasteiger partial charge in [0.2, 0.25) is 5.65 Å². The largest absolute Gasteiger partial charge is 0.364 e. The molecule has 0 aliphatic heterocycles. The summed E-state index contributed by atoms with van der Waals surface area (Å²) in [5.74, 6) is 1.38.